The van der Waals surface area contributed by atoms with Crippen LogP contribution in [0.4, 0.5) is 4.39 Å². The molecule has 1 N–H and O–H groups in total. The molecule has 0 saturated heterocycles. The molecular formula is C14H16FN5S. The number of hydrogen-bond donors (Lipinski definition) is 1. The molecule has 21 heavy (non-hydrogen) atoms. The van der Waals surface area contributed by atoms with E-state index in [0.29, 0.717) is 12.2 Å². The van der Waals surface area contributed by atoms with Crippen LogP contribution in [0.2, 0.25) is 0 Å². The van der Waals surface area contributed by atoms with E-state index in [2.05, 4.69) is 27.7 Å². The van der Waals surface area contributed by atoms with E-state index in [4.69, 9.17) is 0 Å². The van der Waals surface area contributed by atoms with Crippen molar-refractivity contribution in [2.24, 2.45) is 7.05 Å². The molecule has 3 rings (SSSR count). The molecule has 0 spiro atoms. The molecule has 0 saturated carbocycles. The maximum atomic E-state index is 13.3. The first-order valence-electron chi connectivity index (χ1n) is 6.81. The third-order valence-corrected chi connectivity index (χ3v) is 4.46. The van der Waals surface area contributed by atoms with Gasteiger partial charge in [0, 0.05) is 22.0 Å². The summed E-state index contributed by atoms with van der Waals surface area (Å²) in [5, 5.41) is 16.5. The minimum absolute atomic E-state index is 0.111. The molecule has 0 aliphatic heterocycles. The van der Waals surface area contributed by atoms with Gasteiger partial charge in [-0.25, -0.2) is 4.39 Å². The summed E-state index contributed by atoms with van der Waals surface area (Å²) in [7, 11) is 1.75. The molecule has 0 aliphatic rings. The molecule has 0 fully saturated rings. The number of likely N-dealkylation sites (N-methyl/N-ethyl adjacent to an activating group) is 1. The zero-order valence-electron chi connectivity index (χ0n) is 11.9. The highest BCUT2D eigenvalue weighted by Crippen LogP contribution is 2.31. The summed E-state index contributed by atoms with van der Waals surface area (Å²) in [6, 6.07) is 7.03. The third-order valence-electron chi connectivity index (χ3n) is 3.23. The Kier molecular flexibility index (Phi) is 3.94. The molecule has 1 unspecified atom stereocenters. The normalized spacial score (nSPS) is 12.9. The molecule has 2 heterocycles. The molecule has 3 aromatic rings. The summed E-state index contributed by atoms with van der Waals surface area (Å²) < 4.78 is 14.4. The average molecular weight is 305 g/mol. The lowest BCUT2D eigenvalue weighted by Crippen LogP contribution is -2.22. The molecule has 7 heteroatoms. The predicted molar refractivity (Wildman–Crippen MR) is 80.7 cm³/mol. The number of aromatic nitrogens is 4. The second-order valence-corrected chi connectivity index (χ2v) is 5.96. The molecule has 0 amide bonds. The first kappa shape index (κ1) is 14.1. The zero-order valence-corrected chi connectivity index (χ0v) is 12.7. The molecule has 0 radical (unpaired) electrons. The highest BCUT2D eigenvalue weighted by Gasteiger charge is 2.17. The summed E-state index contributed by atoms with van der Waals surface area (Å²) in [5.74, 6) is 0.495. The van der Waals surface area contributed by atoms with Crippen LogP contribution in [0.5, 0.6) is 0 Å². The number of rotatable bonds is 5. The van der Waals surface area contributed by atoms with Gasteiger partial charge in [0.1, 0.15) is 5.82 Å². The summed E-state index contributed by atoms with van der Waals surface area (Å²) in [6.45, 7) is 2.90. The van der Waals surface area contributed by atoms with Crippen LogP contribution < -0.4 is 5.32 Å². The van der Waals surface area contributed by atoms with Crippen molar-refractivity contribution in [2.75, 3.05) is 6.54 Å². The van der Waals surface area contributed by atoms with Crippen molar-refractivity contribution in [3.8, 4) is 0 Å². The number of hydrogen-bond acceptors (Lipinski definition) is 5. The Labute approximate surface area is 125 Å². The van der Waals surface area contributed by atoms with E-state index in [1.807, 2.05) is 12.1 Å². The number of fused-ring (bicyclic) bond motifs is 1. The second kappa shape index (κ2) is 5.87. The summed E-state index contributed by atoms with van der Waals surface area (Å²) in [6.07, 6.45) is 0.664. The van der Waals surface area contributed by atoms with Crippen molar-refractivity contribution in [1.82, 2.24) is 25.5 Å². The largest absolute Gasteiger partial charge is 0.309 e. The Balaban J connectivity index is 1.90. The van der Waals surface area contributed by atoms with Gasteiger partial charge in [-0.05, 0) is 41.4 Å². The van der Waals surface area contributed by atoms with E-state index in [1.54, 1.807) is 24.5 Å². The average Bonchev–Trinajstić information content (AvgIpc) is 3.04. The van der Waals surface area contributed by atoms with Crippen LogP contribution in [-0.4, -0.2) is 26.8 Å². The van der Waals surface area contributed by atoms with Gasteiger partial charge in [0.2, 0.25) is 0 Å². The smallest absolute Gasteiger partial charge is 0.176 e. The van der Waals surface area contributed by atoms with Gasteiger partial charge in [-0.1, -0.05) is 6.92 Å². The number of tetrazole rings is 1. The van der Waals surface area contributed by atoms with Gasteiger partial charge in [-0.15, -0.1) is 21.5 Å². The van der Waals surface area contributed by atoms with Crippen LogP contribution in [0.1, 0.15) is 23.7 Å². The van der Waals surface area contributed by atoms with Gasteiger partial charge in [-0.3, -0.25) is 0 Å². The molecular weight excluding hydrogens is 289 g/mol. The Hall–Kier alpha value is -1.86. The monoisotopic (exact) mass is 305 g/mol. The molecule has 0 aliphatic carbocycles. The van der Waals surface area contributed by atoms with E-state index in [-0.39, 0.29) is 11.9 Å². The lowest BCUT2D eigenvalue weighted by Gasteiger charge is -2.13. The van der Waals surface area contributed by atoms with E-state index >= 15 is 0 Å². The molecule has 1 aromatic carbocycles. The standard InChI is InChI=1S/C14H16FN5S/c1-3-16-11(8-14-17-19-20(2)18-14)13-7-9-6-10(15)4-5-12(9)21-13/h4-7,11,16H,3,8H2,1-2H3. The minimum atomic E-state index is -0.206. The van der Waals surface area contributed by atoms with Crippen LogP contribution in [0.25, 0.3) is 10.1 Å². The van der Waals surface area contributed by atoms with Gasteiger partial charge in [0.05, 0.1) is 7.05 Å². The fourth-order valence-corrected chi connectivity index (χ4v) is 3.43. The second-order valence-electron chi connectivity index (χ2n) is 4.84. The van der Waals surface area contributed by atoms with Crippen LogP contribution >= 0.6 is 11.3 Å². The quantitative estimate of drug-likeness (QED) is 0.787. The molecule has 110 valence electrons. The van der Waals surface area contributed by atoms with Crippen molar-refractivity contribution in [3.63, 3.8) is 0 Å². The summed E-state index contributed by atoms with van der Waals surface area (Å²) >= 11 is 1.67. The Morgan fingerprint density at radius 1 is 1.38 bits per heavy atom. The van der Waals surface area contributed by atoms with Crippen molar-refractivity contribution in [3.05, 3.63) is 40.8 Å². The lowest BCUT2D eigenvalue weighted by molar-refractivity contribution is 0.542. The van der Waals surface area contributed by atoms with Crippen LogP contribution in [0.3, 0.4) is 0 Å². The highest BCUT2D eigenvalue weighted by atomic mass is 32.1. The minimum Gasteiger partial charge on any atom is -0.309 e. The number of nitrogens with zero attached hydrogens (tertiary/aromatic N) is 4. The van der Waals surface area contributed by atoms with E-state index < -0.39 is 0 Å². The van der Waals surface area contributed by atoms with Crippen molar-refractivity contribution < 1.29 is 4.39 Å². The van der Waals surface area contributed by atoms with Gasteiger partial charge in [0.15, 0.2) is 5.82 Å². The van der Waals surface area contributed by atoms with Crippen molar-refractivity contribution in [2.45, 2.75) is 19.4 Å². The van der Waals surface area contributed by atoms with E-state index in [0.717, 1.165) is 21.5 Å². The van der Waals surface area contributed by atoms with Crippen LogP contribution in [0, 0.1) is 5.82 Å². The number of thiophene rings is 1. The first-order valence-corrected chi connectivity index (χ1v) is 7.62. The van der Waals surface area contributed by atoms with Crippen LogP contribution in [0.15, 0.2) is 24.3 Å². The van der Waals surface area contributed by atoms with E-state index in [9.17, 15) is 4.39 Å². The fraction of sp³-hybridized carbons (Fsp3) is 0.357. The number of benzene rings is 1. The maximum Gasteiger partial charge on any atom is 0.176 e. The Morgan fingerprint density at radius 2 is 2.24 bits per heavy atom. The van der Waals surface area contributed by atoms with Crippen LogP contribution in [-0.2, 0) is 13.5 Å². The topological polar surface area (TPSA) is 55.6 Å². The van der Waals surface area contributed by atoms with Gasteiger partial charge < -0.3 is 5.32 Å². The van der Waals surface area contributed by atoms with Crippen molar-refractivity contribution in [1.29, 1.82) is 0 Å². The lowest BCUT2D eigenvalue weighted by atomic mass is 10.1. The number of aryl methyl sites for hydroxylation is 1. The van der Waals surface area contributed by atoms with Gasteiger partial charge >= 0.3 is 0 Å². The highest BCUT2D eigenvalue weighted by molar-refractivity contribution is 7.19. The number of halogens is 1. The van der Waals surface area contributed by atoms with E-state index in [1.165, 1.54) is 10.9 Å². The van der Waals surface area contributed by atoms with Crippen molar-refractivity contribution >= 4 is 21.4 Å². The Bertz CT molecular complexity index is 751. The molecule has 5 nitrogen and oxygen atoms in total. The fourth-order valence-electron chi connectivity index (χ4n) is 2.31. The molecule has 2 aromatic heterocycles. The SMILES string of the molecule is CCNC(Cc1nnn(C)n1)c1cc2cc(F)ccc2s1. The summed E-state index contributed by atoms with van der Waals surface area (Å²) in [4.78, 5) is 2.61. The third kappa shape index (κ3) is 3.08. The Morgan fingerprint density at radius 3 is 2.95 bits per heavy atom. The number of nitrogens with one attached hydrogen (secondary N) is 1. The molecule has 0 bridgehead atoms. The maximum absolute atomic E-state index is 13.3. The first-order chi connectivity index (χ1) is 10.2. The molecule has 1 atom stereocenters. The van der Waals surface area contributed by atoms with Gasteiger partial charge in [-0.2, -0.15) is 4.80 Å². The summed E-state index contributed by atoms with van der Waals surface area (Å²) in [5.41, 5.74) is 0. The predicted octanol–water partition coefficient (Wildman–Crippen LogP) is 2.46. The zero-order chi connectivity index (χ0) is 14.8. The van der Waals surface area contributed by atoms with Gasteiger partial charge in [0.25, 0.3) is 0 Å².